The Bertz CT molecular complexity index is 237. The molecule has 1 aromatic carbocycles. The summed E-state index contributed by atoms with van der Waals surface area (Å²) >= 11 is 0. The van der Waals surface area contributed by atoms with Gasteiger partial charge in [-0.2, -0.15) is 13.2 Å². The molecule has 0 radical (unpaired) electrons. The number of nitrogens with two attached hydrogens (primary N) is 1. The van der Waals surface area contributed by atoms with Crippen LogP contribution in [0.4, 0.5) is 18.9 Å². The molecule has 0 atom stereocenters. The van der Waals surface area contributed by atoms with Crippen molar-refractivity contribution < 1.29 is 13.2 Å². The number of hydrogen-bond donors (Lipinski definition) is 1. The molecule has 0 fully saturated rings. The van der Waals surface area contributed by atoms with E-state index in [0.717, 1.165) is 12.1 Å². The third-order valence-electron chi connectivity index (χ3n) is 1.24. The predicted molar refractivity (Wildman–Crippen MR) is 35.9 cm³/mol. The van der Waals surface area contributed by atoms with Crippen LogP contribution in [0.15, 0.2) is 24.3 Å². The van der Waals surface area contributed by atoms with Gasteiger partial charge in [0.15, 0.2) is 0 Å². The Hall–Kier alpha value is -1.19. The first kappa shape index (κ1) is 7.91. The zero-order valence-corrected chi connectivity index (χ0v) is 5.52. The normalized spacial score (nSPS) is 11.5. The highest BCUT2D eigenvalue weighted by atomic mass is 19.3. The van der Waals surface area contributed by atoms with Gasteiger partial charge >= 0.3 is 6.18 Å². The molecular weight excluding hydrogens is 154 g/mol. The lowest BCUT2D eigenvalue weighted by atomic mass is 10.2. The van der Waals surface area contributed by atoms with Crippen molar-refractivity contribution in [3.63, 3.8) is 0 Å². The summed E-state index contributed by atoms with van der Waals surface area (Å²) < 4.78 is 35.6. The summed E-state index contributed by atoms with van der Waals surface area (Å²) in [5.74, 6) is 0. The number of rotatable bonds is 0. The maximum Gasteiger partial charge on any atom is 0.416 e. The molecule has 60 valence electrons. The Morgan fingerprint density at radius 3 is 1.82 bits per heavy atom. The second-order valence-corrected chi connectivity index (χ2v) is 2.12. The van der Waals surface area contributed by atoms with Gasteiger partial charge in [0, 0.05) is 5.69 Å². The van der Waals surface area contributed by atoms with Gasteiger partial charge in [-0.1, -0.05) is 0 Å². The van der Waals surface area contributed by atoms with E-state index in [1.54, 1.807) is 0 Å². The number of alkyl halides is 3. The van der Waals surface area contributed by atoms with Crippen LogP contribution in [0, 0.1) is 0 Å². The van der Waals surface area contributed by atoms with Crippen LogP contribution < -0.4 is 5.73 Å². The van der Waals surface area contributed by atoms with Gasteiger partial charge in [0.25, 0.3) is 0 Å². The second-order valence-electron chi connectivity index (χ2n) is 2.12. The van der Waals surface area contributed by atoms with Crippen molar-refractivity contribution in [2.24, 2.45) is 0 Å². The average Bonchev–Trinajstić information content (AvgIpc) is 1.86. The predicted octanol–water partition coefficient (Wildman–Crippen LogP) is 2.29. The van der Waals surface area contributed by atoms with E-state index in [0.29, 0.717) is 5.69 Å². The van der Waals surface area contributed by atoms with Crippen LogP contribution >= 0.6 is 0 Å². The fraction of sp³-hybridized carbons (Fsp3) is 0.143. The van der Waals surface area contributed by atoms with E-state index in [9.17, 15) is 13.2 Å². The van der Waals surface area contributed by atoms with Crippen molar-refractivity contribution in [2.75, 3.05) is 5.73 Å². The first-order valence-electron chi connectivity index (χ1n) is 2.93. The Morgan fingerprint density at radius 1 is 1.00 bits per heavy atom. The SMILES string of the molecule is Nc1ccc(C(F)(F)[18F])cc1. The molecule has 0 amide bonds. The molecule has 0 saturated carbocycles. The summed E-state index contributed by atoms with van der Waals surface area (Å²) in [5.41, 5.74) is 4.86. The summed E-state index contributed by atoms with van der Waals surface area (Å²) in [6.07, 6.45) is -4.27. The van der Waals surface area contributed by atoms with Crippen molar-refractivity contribution in [1.82, 2.24) is 0 Å². The number of hydrogen-bond acceptors (Lipinski definition) is 1. The molecule has 0 aliphatic heterocycles. The van der Waals surface area contributed by atoms with Crippen molar-refractivity contribution >= 4 is 5.69 Å². The summed E-state index contributed by atoms with van der Waals surface area (Å²) in [5, 5.41) is 0. The lowest BCUT2D eigenvalue weighted by Gasteiger charge is -2.05. The van der Waals surface area contributed by atoms with Crippen molar-refractivity contribution in [3.05, 3.63) is 29.8 Å². The largest absolute Gasteiger partial charge is 0.416 e. The zero-order valence-electron chi connectivity index (χ0n) is 5.52. The quantitative estimate of drug-likeness (QED) is 0.579. The molecule has 2 N–H and O–H groups in total. The third-order valence-corrected chi connectivity index (χ3v) is 1.24. The van der Waals surface area contributed by atoms with Crippen molar-refractivity contribution in [2.45, 2.75) is 6.18 Å². The summed E-state index contributed by atoms with van der Waals surface area (Å²) in [6.45, 7) is 0. The molecule has 0 bridgehead atoms. The molecule has 0 spiro atoms. The highest BCUT2D eigenvalue weighted by molar-refractivity contribution is 5.39. The van der Waals surface area contributed by atoms with Crippen molar-refractivity contribution in [1.29, 1.82) is 0 Å². The average molecular weight is 160 g/mol. The first-order valence-corrected chi connectivity index (χ1v) is 2.93. The highest BCUT2D eigenvalue weighted by Crippen LogP contribution is 2.29. The van der Waals surface area contributed by atoms with Crippen LogP contribution in [-0.2, 0) is 6.18 Å². The van der Waals surface area contributed by atoms with E-state index in [1.807, 2.05) is 0 Å². The van der Waals surface area contributed by atoms with Crippen LogP contribution in [0.25, 0.3) is 0 Å². The molecule has 0 heterocycles. The van der Waals surface area contributed by atoms with Gasteiger partial charge in [0.2, 0.25) is 0 Å². The fourth-order valence-corrected chi connectivity index (χ4v) is 0.672. The third kappa shape index (κ3) is 1.86. The lowest BCUT2D eigenvalue weighted by molar-refractivity contribution is -0.137. The molecule has 0 saturated heterocycles. The summed E-state index contributed by atoms with van der Waals surface area (Å²) in [7, 11) is 0. The number of benzene rings is 1. The van der Waals surface area contributed by atoms with Gasteiger partial charge in [-0.15, -0.1) is 0 Å². The van der Waals surface area contributed by atoms with Gasteiger partial charge in [-0.05, 0) is 24.3 Å². The Kier molecular flexibility index (Phi) is 1.76. The van der Waals surface area contributed by atoms with Crippen LogP contribution in [0.3, 0.4) is 0 Å². The Morgan fingerprint density at radius 2 is 1.45 bits per heavy atom. The van der Waals surface area contributed by atoms with E-state index < -0.39 is 11.7 Å². The molecule has 4 heteroatoms. The molecule has 0 aliphatic carbocycles. The minimum atomic E-state index is -4.27. The van der Waals surface area contributed by atoms with Gasteiger partial charge in [-0.25, -0.2) is 0 Å². The van der Waals surface area contributed by atoms with Gasteiger partial charge in [0.05, 0.1) is 5.56 Å². The Balaban J connectivity index is 2.99. The topological polar surface area (TPSA) is 26.0 Å². The van der Waals surface area contributed by atoms with E-state index in [4.69, 9.17) is 5.73 Å². The standard InChI is InChI=1S/C7H6F3N/c8-7(9,10)5-1-3-6(11)4-2-5/h1-4H,11H2/i8-1. The maximum atomic E-state index is 11.9. The fourth-order valence-electron chi connectivity index (χ4n) is 0.672. The maximum absolute atomic E-state index is 11.9. The van der Waals surface area contributed by atoms with E-state index in [1.165, 1.54) is 12.1 Å². The molecule has 1 rings (SSSR count). The second kappa shape index (κ2) is 2.45. The molecular formula is C7H6F3N. The molecule has 11 heavy (non-hydrogen) atoms. The van der Waals surface area contributed by atoms with Gasteiger partial charge in [-0.3, -0.25) is 0 Å². The minimum absolute atomic E-state index is 0.331. The molecule has 0 unspecified atom stereocenters. The van der Waals surface area contributed by atoms with E-state index in [2.05, 4.69) is 0 Å². The monoisotopic (exact) mass is 160 g/mol. The highest BCUT2D eigenvalue weighted by Gasteiger charge is 2.29. The van der Waals surface area contributed by atoms with Gasteiger partial charge < -0.3 is 5.73 Å². The molecule has 1 aromatic rings. The lowest BCUT2D eigenvalue weighted by Crippen LogP contribution is -2.04. The minimum Gasteiger partial charge on any atom is -0.399 e. The Labute approximate surface area is 61.6 Å². The van der Waals surface area contributed by atoms with Crippen LogP contribution in [0.1, 0.15) is 5.56 Å². The first-order chi connectivity index (χ1) is 5.00. The van der Waals surface area contributed by atoms with Gasteiger partial charge in [0.1, 0.15) is 0 Å². The molecule has 1 nitrogen and oxygen atoms in total. The van der Waals surface area contributed by atoms with Crippen LogP contribution in [-0.4, -0.2) is 0 Å². The van der Waals surface area contributed by atoms with E-state index in [-0.39, 0.29) is 0 Å². The van der Waals surface area contributed by atoms with Crippen molar-refractivity contribution in [3.8, 4) is 0 Å². The zero-order chi connectivity index (χ0) is 8.48. The smallest absolute Gasteiger partial charge is 0.399 e. The molecule has 0 aliphatic rings. The van der Waals surface area contributed by atoms with Crippen LogP contribution in [0.2, 0.25) is 0 Å². The number of halogens is 3. The summed E-state index contributed by atoms with van der Waals surface area (Å²) in [4.78, 5) is 0. The number of anilines is 1. The summed E-state index contributed by atoms with van der Waals surface area (Å²) in [6, 6.07) is 4.36. The number of nitrogen functional groups attached to an aromatic ring is 1. The van der Waals surface area contributed by atoms with E-state index >= 15 is 0 Å². The van der Waals surface area contributed by atoms with Crippen LogP contribution in [0.5, 0.6) is 0 Å². The molecule has 0 aromatic heterocycles.